The minimum Gasteiger partial charge on any atom is -0.369 e. The van der Waals surface area contributed by atoms with Gasteiger partial charge in [0.1, 0.15) is 0 Å². The topological polar surface area (TPSA) is 130 Å². The van der Waals surface area contributed by atoms with Crippen LogP contribution in [0.1, 0.15) is 11.3 Å². The highest BCUT2D eigenvalue weighted by atomic mass is 32.1. The number of benzene rings is 1. The van der Waals surface area contributed by atoms with Gasteiger partial charge in [-0.25, -0.2) is 4.98 Å². The number of hydrogen-bond donors (Lipinski definition) is 3. The zero-order valence-corrected chi connectivity index (χ0v) is 12.4. The first kappa shape index (κ1) is 15.5. The van der Waals surface area contributed by atoms with Gasteiger partial charge >= 0.3 is 0 Å². The van der Waals surface area contributed by atoms with E-state index in [1.54, 1.807) is 5.38 Å². The Morgan fingerprint density at radius 3 is 2.73 bits per heavy atom. The van der Waals surface area contributed by atoms with E-state index in [2.05, 4.69) is 21.4 Å². The Balaban J connectivity index is 2.01. The molecule has 0 saturated heterocycles. The molecule has 0 aliphatic rings. The molecule has 1 heterocycles. The van der Waals surface area contributed by atoms with E-state index >= 15 is 0 Å². The molecule has 0 aliphatic carbocycles. The minimum atomic E-state index is -0.440. The molecule has 1 amide bonds. The van der Waals surface area contributed by atoms with Crippen LogP contribution in [0.5, 0.6) is 0 Å². The van der Waals surface area contributed by atoms with E-state index in [9.17, 15) is 4.79 Å². The highest BCUT2D eigenvalue weighted by Crippen LogP contribution is 2.19. The summed E-state index contributed by atoms with van der Waals surface area (Å²) in [6.07, 6.45) is 0.450. The molecule has 0 spiro atoms. The van der Waals surface area contributed by atoms with Gasteiger partial charge in [0, 0.05) is 11.1 Å². The molecule has 2 rings (SSSR count). The van der Waals surface area contributed by atoms with Crippen LogP contribution in [-0.4, -0.2) is 16.9 Å². The predicted octanol–water partition coefficient (Wildman–Crippen LogP) is 1.30. The summed E-state index contributed by atoms with van der Waals surface area (Å²) in [7, 11) is 0. The number of nitrogens with two attached hydrogens (primary N) is 2. The van der Waals surface area contributed by atoms with Crippen LogP contribution < -0.4 is 16.8 Å². The molecule has 5 N–H and O–H groups in total. The summed E-state index contributed by atoms with van der Waals surface area (Å²) in [5.41, 5.74) is 13.2. The number of hydrogen-bond acceptors (Lipinski definition) is 5. The molecule has 7 nitrogen and oxygen atoms in total. The van der Waals surface area contributed by atoms with Gasteiger partial charge in [-0.3, -0.25) is 4.79 Å². The van der Waals surface area contributed by atoms with E-state index in [1.807, 2.05) is 24.3 Å². The summed E-state index contributed by atoms with van der Waals surface area (Å²) in [4.78, 5) is 19.1. The molecule has 0 fully saturated rings. The third-order valence-corrected chi connectivity index (χ3v) is 3.40. The highest BCUT2D eigenvalue weighted by Gasteiger charge is 2.05. The predicted molar refractivity (Wildman–Crippen MR) is 85.7 cm³/mol. The summed E-state index contributed by atoms with van der Waals surface area (Å²) >= 11 is 1.28. The molecular weight excluding hydrogens is 300 g/mol. The highest BCUT2D eigenvalue weighted by molar-refractivity contribution is 7.13. The number of nitrogens with zero attached hydrogens (tertiary/aromatic N) is 3. The molecular formula is C14H14N6OS. The molecule has 22 heavy (non-hydrogen) atoms. The summed E-state index contributed by atoms with van der Waals surface area (Å²) in [6, 6.07) is 9.39. The zero-order valence-electron chi connectivity index (χ0n) is 11.6. The Hall–Kier alpha value is -2.92. The number of thiazole rings is 1. The zero-order chi connectivity index (χ0) is 15.9. The monoisotopic (exact) mass is 314 g/mol. The number of guanidine groups is 1. The first-order valence-corrected chi connectivity index (χ1v) is 7.24. The molecule has 2 aromatic rings. The third kappa shape index (κ3) is 4.57. The largest absolute Gasteiger partial charge is 0.369 e. The Labute approximate surface area is 131 Å². The van der Waals surface area contributed by atoms with Crippen molar-refractivity contribution in [1.82, 2.24) is 4.98 Å². The van der Waals surface area contributed by atoms with Crippen LogP contribution >= 0.6 is 11.3 Å². The lowest BCUT2D eigenvalue weighted by Crippen LogP contribution is -2.21. The van der Waals surface area contributed by atoms with Crippen molar-refractivity contribution in [2.45, 2.75) is 12.8 Å². The Morgan fingerprint density at radius 2 is 2.09 bits per heavy atom. The standard InChI is InChI=1S/C14H14N6OS/c15-6-5-9-1-3-10(4-2-9)18-13(17)20-14-19-11(8-22-14)7-12(16)21/h1-4,8H,5,7H2,(H2,16,21)(H3,17,18,19,20). The van der Waals surface area contributed by atoms with Crippen LogP contribution in [0, 0.1) is 11.3 Å². The Kier molecular flexibility index (Phi) is 5.06. The van der Waals surface area contributed by atoms with E-state index in [-0.39, 0.29) is 12.4 Å². The molecule has 8 heteroatoms. The van der Waals surface area contributed by atoms with Crippen LogP contribution in [0.25, 0.3) is 0 Å². The van der Waals surface area contributed by atoms with Crippen molar-refractivity contribution in [2.75, 3.05) is 5.32 Å². The van der Waals surface area contributed by atoms with Gasteiger partial charge in [-0.2, -0.15) is 10.3 Å². The lowest BCUT2D eigenvalue weighted by Gasteiger charge is -2.05. The number of rotatable bonds is 5. The average Bonchev–Trinajstić information content (AvgIpc) is 2.87. The summed E-state index contributed by atoms with van der Waals surface area (Å²) in [6.45, 7) is 0. The molecule has 112 valence electrons. The number of aliphatic imine (C=N–C) groups is 1. The second-order valence-corrected chi connectivity index (χ2v) is 5.25. The molecule has 0 unspecified atom stereocenters. The molecule has 1 aromatic heterocycles. The second kappa shape index (κ2) is 7.19. The van der Waals surface area contributed by atoms with Gasteiger partial charge in [0.15, 0.2) is 0 Å². The number of nitriles is 1. The lowest BCUT2D eigenvalue weighted by atomic mass is 10.1. The van der Waals surface area contributed by atoms with Gasteiger partial charge in [-0.15, -0.1) is 11.3 Å². The van der Waals surface area contributed by atoms with Crippen LogP contribution in [0.4, 0.5) is 10.8 Å². The number of amides is 1. The maximum absolute atomic E-state index is 10.8. The average molecular weight is 314 g/mol. The Morgan fingerprint density at radius 1 is 1.36 bits per heavy atom. The summed E-state index contributed by atoms with van der Waals surface area (Å²) in [5.74, 6) is -0.252. The van der Waals surface area contributed by atoms with Gasteiger partial charge in [-0.05, 0) is 17.7 Å². The van der Waals surface area contributed by atoms with E-state index in [1.165, 1.54) is 11.3 Å². The van der Waals surface area contributed by atoms with E-state index in [4.69, 9.17) is 16.7 Å². The molecule has 0 saturated carbocycles. The number of anilines is 1. The number of carbonyl (C=O) groups is 1. The first-order valence-electron chi connectivity index (χ1n) is 6.36. The van der Waals surface area contributed by atoms with Gasteiger partial charge in [0.2, 0.25) is 17.0 Å². The Bertz CT molecular complexity index is 729. The van der Waals surface area contributed by atoms with Crippen LogP contribution in [-0.2, 0) is 17.6 Å². The fourth-order valence-electron chi connectivity index (χ4n) is 1.68. The van der Waals surface area contributed by atoms with Crippen molar-refractivity contribution in [1.29, 1.82) is 5.26 Å². The van der Waals surface area contributed by atoms with Gasteiger partial charge < -0.3 is 16.8 Å². The smallest absolute Gasteiger partial charge is 0.223 e. The quantitative estimate of drug-likeness (QED) is 0.565. The van der Waals surface area contributed by atoms with Crippen molar-refractivity contribution in [2.24, 2.45) is 16.5 Å². The first-order chi connectivity index (χ1) is 10.6. The van der Waals surface area contributed by atoms with Crippen LogP contribution in [0.2, 0.25) is 0 Å². The summed E-state index contributed by atoms with van der Waals surface area (Å²) in [5, 5.41) is 13.7. The second-order valence-electron chi connectivity index (χ2n) is 4.42. The van der Waals surface area contributed by atoms with E-state index in [0.29, 0.717) is 17.2 Å². The molecule has 0 aliphatic heterocycles. The van der Waals surface area contributed by atoms with E-state index < -0.39 is 5.91 Å². The summed E-state index contributed by atoms with van der Waals surface area (Å²) < 4.78 is 0. The minimum absolute atomic E-state index is 0.0830. The fraction of sp³-hybridized carbons (Fsp3) is 0.143. The van der Waals surface area contributed by atoms with E-state index in [0.717, 1.165) is 11.3 Å². The van der Waals surface area contributed by atoms with Gasteiger partial charge in [0.05, 0.1) is 24.6 Å². The SMILES string of the molecule is N#CCc1ccc(N/C(N)=N/c2nc(CC(N)=O)cs2)cc1. The van der Waals surface area contributed by atoms with Crippen molar-refractivity contribution in [3.05, 3.63) is 40.9 Å². The molecule has 0 bridgehead atoms. The van der Waals surface area contributed by atoms with Crippen LogP contribution in [0.15, 0.2) is 34.6 Å². The fourth-order valence-corrected chi connectivity index (χ4v) is 2.38. The number of primary amides is 1. The normalized spacial score (nSPS) is 11.0. The van der Waals surface area contributed by atoms with Crippen molar-refractivity contribution < 1.29 is 4.79 Å². The third-order valence-electron chi connectivity index (χ3n) is 2.62. The number of carbonyl (C=O) groups excluding carboxylic acids is 1. The van der Waals surface area contributed by atoms with Crippen molar-refractivity contribution in [3.8, 4) is 6.07 Å². The maximum atomic E-state index is 10.8. The molecule has 0 radical (unpaired) electrons. The van der Waals surface area contributed by atoms with Crippen molar-refractivity contribution in [3.63, 3.8) is 0 Å². The van der Waals surface area contributed by atoms with Crippen LogP contribution in [0.3, 0.4) is 0 Å². The van der Waals surface area contributed by atoms with Crippen molar-refractivity contribution >= 4 is 34.0 Å². The van der Waals surface area contributed by atoms with Gasteiger partial charge in [0.25, 0.3) is 0 Å². The van der Waals surface area contributed by atoms with Gasteiger partial charge in [-0.1, -0.05) is 12.1 Å². The number of aromatic nitrogens is 1. The lowest BCUT2D eigenvalue weighted by molar-refractivity contribution is -0.117. The molecule has 1 aromatic carbocycles. The molecule has 0 atom stereocenters. The number of nitrogens with one attached hydrogen (secondary N) is 1. The maximum Gasteiger partial charge on any atom is 0.223 e.